The fourth-order valence-corrected chi connectivity index (χ4v) is 3.23. The molecule has 136 valence electrons. The predicted molar refractivity (Wildman–Crippen MR) is 95.3 cm³/mol. The maximum Gasteiger partial charge on any atom is 0.323 e. The quantitative estimate of drug-likeness (QED) is 0.918. The van der Waals surface area contributed by atoms with Crippen LogP contribution in [0.3, 0.4) is 0 Å². The Balaban J connectivity index is 1.37. The van der Waals surface area contributed by atoms with Crippen LogP contribution in [0.1, 0.15) is 13.3 Å². The van der Waals surface area contributed by atoms with Gasteiger partial charge in [0.25, 0.3) is 0 Å². The third-order valence-corrected chi connectivity index (χ3v) is 4.74. The maximum atomic E-state index is 13.1. The van der Waals surface area contributed by atoms with Gasteiger partial charge in [0, 0.05) is 44.1 Å². The van der Waals surface area contributed by atoms with E-state index in [0.717, 1.165) is 23.4 Å². The van der Waals surface area contributed by atoms with Gasteiger partial charge in [-0.1, -0.05) is 5.16 Å². The monoisotopic (exact) mass is 357 g/mol. The summed E-state index contributed by atoms with van der Waals surface area (Å²) in [5.41, 5.74) is 2.67. The zero-order chi connectivity index (χ0) is 18.3. The lowest BCUT2D eigenvalue weighted by atomic mass is 9.92. The van der Waals surface area contributed by atoms with E-state index in [1.165, 1.54) is 12.1 Å². The molecule has 1 aromatic heterocycles. The molecule has 1 unspecified atom stereocenters. The number of oxime groups is 1. The number of halogens is 1. The summed E-state index contributed by atoms with van der Waals surface area (Å²) in [7, 11) is 1.79. The highest BCUT2D eigenvalue weighted by Gasteiger charge is 2.37. The van der Waals surface area contributed by atoms with Gasteiger partial charge in [-0.3, -0.25) is 10.00 Å². The first-order valence-corrected chi connectivity index (χ1v) is 8.58. The molecule has 2 aliphatic rings. The van der Waals surface area contributed by atoms with Crippen molar-refractivity contribution in [2.75, 3.05) is 18.4 Å². The highest BCUT2D eigenvalue weighted by atomic mass is 19.1. The van der Waals surface area contributed by atoms with E-state index in [9.17, 15) is 9.18 Å². The molecule has 26 heavy (non-hydrogen) atoms. The van der Waals surface area contributed by atoms with Crippen molar-refractivity contribution in [1.29, 1.82) is 0 Å². The fraction of sp³-hybridized carbons (Fsp3) is 0.389. The summed E-state index contributed by atoms with van der Waals surface area (Å²) in [5.74, 6) is 0.461. The second kappa shape index (κ2) is 6.44. The number of benzene rings is 1. The summed E-state index contributed by atoms with van der Waals surface area (Å²) in [4.78, 5) is 19.3. The SMILES string of the molecule is CC1CC(C2CN(C(=O)Nc3cc(-c4ccc(F)cc4)n(C)n3)C2)=NO1. The zero-order valence-electron chi connectivity index (χ0n) is 14.6. The van der Waals surface area contributed by atoms with Crippen LogP contribution in [-0.2, 0) is 11.9 Å². The van der Waals surface area contributed by atoms with E-state index < -0.39 is 0 Å². The fourth-order valence-electron chi connectivity index (χ4n) is 3.23. The summed E-state index contributed by atoms with van der Waals surface area (Å²) in [6.07, 6.45) is 0.966. The molecule has 0 aliphatic carbocycles. The lowest BCUT2D eigenvalue weighted by Crippen LogP contribution is -2.54. The minimum Gasteiger partial charge on any atom is -0.392 e. The molecule has 1 saturated heterocycles. The molecule has 0 spiro atoms. The standard InChI is InChI=1S/C18H20FN5O2/c1-11-7-15(22-26-11)13-9-24(10-13)18(25)20-17-8-16(23(2)21-17)12-3-5-14(19)6-4-12/h3-6,8,11,13H,7,9-10H2,1-2H3,(H,20,21,25). The van der Waals surface area contributed by atoms with E-state index in [1.54, 1.807) is 34.8 Å². The zero-order valence-corrected chi connectivity index (χ0v) is 14.6. The van der Waals surface area contributed by atoms with Crippen molar-refractivity contribution >= 4 is 17.6 Å². The maximum absolute atomic E-state index is 13.1. The number of likely N-dealkylation sites (tertiary alicyclic amines) is 1. The summed E-state index contributed by atoms with van der Waals surface area (Å²) in [5, 5.41) is 11.2. The molecular weight excluding hydrogens is 337 g/mol. The van der Waals surface area contributed by atoms with Crippen LogP contribution in [0.15, 0.2) is 35.5 Å². The third kappa shape index (κ3) is 3.14. The molecule has 7 nitrogen and oxygen atoms in total. The molecule has 1 N–H and O–H groups in total. The average Bonchev–Trinajstić information content (AvgIpc) is 3.13. The number of hydrogen-bond acceptors (Lipinski definition) is 4. The van der Waals surface area contributed by atoms with Crippen LogP contribution in [-0.4, -0.2) is 45.6 Å². The van der Waals surface area contributed by atoms with Gasteiger partial charge < -0.3 is 9.74 Å². The van der Waals surface area contributed by atoms with Gasteiger partial charge in [0.2, 0.25) is 0 Å². The smallest absolute Gasteiger partial charge is 0.323 e. The lowest BCUT2D eigenvalue weighted by molar-refractivity contribution is 0.0991. The van der Waals surface area contributed by atoms with Crippen molar-refractivity contribution in [2.24, 2.45) is 18.1 Å². The van der Waals surface area contributed by atoms with Crippen LogP contribution in [0.2, 0.25) is 0 Å². The second-order valence-electron chi connectivity index (χ2n) is 6.78. The van der Waals surface area contributed by atoms with Crippen molar-refractivity contribution in [3.63, 3.8) is 0 Å². The number of aromatic nitrogens is 2. The van der Waals surface area contributed by atoms with Crippen molar-refractivity contribution in [3.05, 3.63) is 36.1 Å². The molecule has 0 saturated carbocycles. The third-order valence-electron chi connectivity index (χ3n) is 4.74. The Kier molecular flexibility index (Phi) is 4.10. The van der Waals surface area contributed by atoms with Crippen molar-refractivity contribution in [2.45, 2.75) is 19.4 Å². The summed E-state index contributed by atoms with van der Waals surface area (Å²) in [6, 6.07) is 7.76. The van der Waals surface area contributed by atoms with Crippen LogP contribution < -0.4 is 5.32 Å². The van der Waals surface area contributed by atoms with Gasteiger partial charge in [-0.05, 0) is 31.2 Å². The summed E-state index contributed by atoms with van der Waals surface area (Å²) < 4.78 is 14.7. The van der Waals surface area contributed by atoms with E-state index in [1.807, 2.05) is 6.92 Å². The lowest BCUT2D eigenvalue weighted by Gasteiger charge is -2.38. The van der Waals surface area contributed by atoms with Gasteiger partial charge in [-0.25, -0.2) is 9.18 Å². The summed E-state index contributed by atoms with van der Waals surface area (Å²) >= 11 is 0. The highest BCUT2D eigenvalue weighted by molar-refractivity contribution is 5.94. The van der Waals surface area contributed by atoms with Crippen LogP contribution in [0.5, 0.6) is 0 Å². The van der Waals surface area contributed by atoms with Gasteiger partial charge in [0.15, 0.2) is 5.82 Å². The molecule has 2 amide bonds. The van der Waals surface area contributed by atoms with E-state index in [0.29, 0.717) is 18.9 Å². The van der Waals surface area contributed by atoms with Gasteiger partial charge in [0.05, 0.1) is 11.4 Å². The number of nitrogens with one attached hydrogen (secondary N) is 1. The number of rotatable bonds is 3. The first-order valence-electron chi connectivity index (χ1n) is 8.58. The Labute approximate surface area is 150 Å². The summed E-state index contributed by atoms with van der Waals surface area (Å²) in [6.45, 7) is 3.26. The predicted octanol–water partition coefficient (Wildman–Crippen LogP) is 2.85. The molecule has 1 fully saturated rings. The molecule has 4 rings (SSSR count). The Morgan fingerprint density at radius 3 is 2.69 bits per heavy atom. The van der Waals surface area contributed by atoms with E-state index in [4.69, 9.17) is 4.84 Å². The largest absolute Gasteiger partial charge is 0.392 e. The van der Waals surface area contributed by atoms with Crippen LogP contribution in [0.4, 0.5) is 15.0 Å². The van der Waals surface area contributed by atoms with Gasteiger partial charge in [0.1, 0.15) is 11.9 Å². The number of nitrogens with zero attached hydrogens (tertiary/aromatic N) is 4. The molecule has 3 heterocycles. The Morgan fingerprint density at radius 1 is 1.31 bits per heavy atom. The molecule has 1 aromatic carbocycles. The number of amides is 2. The first kappa shape index (κ1) is 16.6. The molecule has 0 bridgehead atoms. The molecule has 2 aromatic rings. The number of aryl methyl sites for hydroxylation is 1. The molecule has 8 heteroatoms. The minimum atomic E-state index is -0.288. The number of anilines is 1. The van der Waals surface area contributed by atoms with E-state index in [2.05, 4.69) is 15.6 Å². The van der Waals surface area contributed by atoms with Crippen molar-refractivity contribution in [3.8, 4) is 11.3 Å². The second-order valence-corrected chi connectivity index (χ2v) is 6.78. The molecule has 2 aliphatic heterocycles. The highest BCUT2D eigenvalue weighted by Crippen LogP contribution is 2.26. The minimum absolute atomic E-state index is 0.131. The van der Waals surface area contributed by atoms with Gasteiger partial charge >= 0.3 is 6.03 Å². The molecular formula is C18H20FN5O2. The number of urea groups is 1. The number of carbonyl (C=O) groups is 1. The Morgan fingerprint density at radius 2 is 2.04 bits per heavy atom. The van der Waals surface area contributed by atoms with Crippen molar-refractivity contribution < 1.29 is 14.0 Å². The number of hydrogen-bond donors (Lipinski definition) is 1. The van der Waals surface area contributed by atoms with Gasteiger partial charge in [-0.15, -0.1) is 0 Å². The van der Waals surface area contributed by atoms with Crippen molar-refractivity contribution in [1.82, 2.24) is 14.7 Å². The topological polar surface area (TPSA) is 71.8 Å². The van der Waals surface area contributed by atoms with Crippen LogP contribution in [0, 0.1) is 11.7 Å². The first-order chi connectivity index (χ1) is 12.5. The van der Waals surface area contributed by atoms with E-state index in [-0.39, 0.29) is 23.9 Å². The van der Waals surface area contributed by atoms with Crippen LogP contribution >= 0.6 is 0 Å². The normalized spacial score (nSPS) is 19.7. The average molecular weight is 357 g/mol. The van der Waals surface area contributed by atoms with Gasteiger partial charge in [-0.2, -0.15) is 5.10 Å². The van der Waals surface area contributed by atoms with E-state index >= 15 is 0 Å². The molecule has 0 radical (unpaired) electrons. The Hall–Kier alpha value is -2.90. The molecule has 1 atom stereocenters. The Bertz CT molecular complexity index is 855. The number of carbonyl (C=O) groups excluding carboxylic acids is 1. The van der Waals surface area contributed by atoms with Crippen LogP contribution in [0.25, 0.3) is 11.3 Å².